The fourth-order valence-electron chi connectivity index (χ4n) is 5.54. The molecule has 1 saturated heterocycles. The van der Waals surface area contributed by atoms with Crippen LogP contribution in [0.1, 0.15) is 47.8 Å². The van der Waals surface area contributed by atoms with Crippen LogP contribution in [0.2, 0.25) is 0 Å². The fraction of sp³-hybridized carbons (Fsp3) is 0.429. The molecule has 36 heavy (non-hydrogen) atoms. The summed E-state index contributed by atoms with van der Waals surface area (Å²) in [6.45, 7) is 8.86. The van der Waals surface area contributed by atoms with Crippen LogP contribution in [0, 0.1) is 0 Å². The van der Waals surface area contributed by atoms with Gasteiger partial charge in [0.05, 0.1) is 17.7 Å². The van der Waals surface area contributed by atoms with Crippen molar-refractivity contribution in [3.63, 3.8) is 0 Å². The van der Waals surface area contributed by atoms with E-state index in [4.69, 9.17) is 4.74 Å². The zero-order valence-corrected chi connectivity index (χ0v) is 21.1. The predicted molar refractivity (Wildman–Crippen MR) is 136 cm³/mol. The number of cyclic esters (lactones) is 1. The number of amides is 1. The number of piperazine rings is 1. The number of carbonyl (C=O) groups is 2. The van der Waals surface area contributed by atoms with Crippen molar-refractivity contribution in [2.45, 2.75) is 58.2 Å². The van der Waals surface area contributed by atoms with Gasteiger partial charge in [0.25, 0.3) is 0 Å². The molecule has 1 aromatic heterocycles. The Morgan fingerprint density at radius 2 is 1.75 bits per heavy atom. The van der Waals surface area contributed by atoms with Crippen LogP contribution in [-0.4, -0.2) is 74.3 Å². The third-order valence-corrected chi connectivity index (χ3v) is 7.18. The molecule has 1 fully saturated rings. The summed E-state index contributed by atoms with van der Waals surface area (Å²) < 4.78 is 7.04. The van der Waals surface area contributed by atoms with Crippen molar-refractivity contribution in [1.29, 1.82) is 0 Å². The monoisotopic (exact) mass is 487 g/mol. The third kappa shape index (κ3) is 5.18. The molecule has 0 saturated carbocycles. The van der Waals surface area contributed by atoms with Gasteiger partial charge in [-0.05, 0) is 62.1 Å². The summed E-state index contributed by atoms with van der Waals surface area (Å²) in [5, 5.41) is 4.14. The van der Waals surface area contributed by atoms with Gasteiger partial charge in [0.2, 0.25) is 5.91 Å². The van der Waals surface area contributed by atoms with E-state index in [0.29, 0.717) is 12.0 Å². The molecule has 2 aliphatic rings. The number of hydrogen-bond acceptors (Lipinski definition) is 6. The van der Waals surface area contributed by atoms with Crippen LogP contribution in [0.3, 0.4) is 0 Å². The van der Waals surface area contributed by atoms with Gasteiger partial charge in [-0.25, -0.2) is 14.5 Å². The van der Waals surface area contributed by atoms with Crippen molar-refractivity contribution in [3.05, 3.63) is 77.4 Å². The molecular weight excluding hydrogens is 454 g/mol. The Bertz CT molecular complexity index is 1210. The minimum Gasteiger partial charge on any atom is -0.459 e. The standard InChI is InChI=1S/C28H33N5O3/c1-19-15-31(11-10-23-6-9-26-24(13-23)12-21(3)36-28(26)35)16-20(2)33(19)27(34)14-22-4-7-25(8-5-22)32-18-29-17-30-32/h4-9,13,17-21H,10-12,14-16H2,1-3H3/t19-,20+,21?. The first kappa shape index (κ1) is 24.2. The van der Waals surface area contributed by atoms with Gasteiger partial charge in [0, 0.05) is 38.1 Å². The zero-order valence-electron chi connectivity index (χ0n) is 21.1. The number of rotatable bonds is 6. The molecule has 8 nitrogen and oxygen atoms in total. The van der Waals surface area contributed by atoms with Gasteiger partial charge in [0.1, 0.15) is 18.8 Å². The summed E-state index contributed by atoms with van der Waals surface area (Å²) in [6, 6.07) is 14.3. The molecule has 0 spiro atoms. The van der Waals surface area contributed by atoms with Gasteiger partial charge in [-0.1, -0.05) is 24.3 Å². The SMILES string of the molecule is CC1Cc2cc(CCN3C[C@@H](C)N(C(=O)Cc4ccc(-n5cncn5)cc4)[C@@H](C)C3)ccc2C(=O)O1. The average Bonchev–Trinajstić information content (AvgIpc) is 3.37. The summed E-state index contributed by atoms with van der Waals surface area (Å²) in [7, 11) is 0. The highest BCUT2D eigenvalue weighted by Gasteiger charge is 2.32. The van der Waals surface area contributed by atoms with Crippen LogP contribution < -0.4 is 0 Å². The van der Waals surface area contributed by atoms with Gasteiger partial charge in [0.15, 0.2) is 0 Å². The zero-order chi connectivity index (χ0) is 25.2. The predicted octanol–water partition coefficient (Wildman–Crippen LogP) is 3.08. The van der Waals surface area contributed by atoms with Crippen LogP contribution in [0.25, 0.3) is 5.69 Å². The molecule has 3 atom stereocenters. The number of ether oxygens (including phenoxy) is 1. The molecule has 3 heterocycles. The highest BCUT2D eigenvalue weighted by molar-refractivity contribution is 5.92. The van der Waals surface area contributed by atoms with Crippen molar-refractivity contribution in [1.82, 2.24) is 24.6 Å². The van der Waals surface area contributed by atoms with Crippen LogP contribution >= 0.6 is 0 Å². The van der Waals surface area contributed by atoms with Crippen molar-refractivity contribution >= 4 is 11.9 Å². The van der Waals surface area contributed by atoms with E-state index in [9.17, 15) is 9.59 Å². The third-order valence-electron chi connectivity index (χ3n) is 7.18. The molecule has 0 bridgehead atoms. The van der Waals surface area contributed by atoms with Gasteiger partial charge < -0.3 is 9.64 Å². The van der Waals surface area contributed by atoms with Crippen molar-refractivity contribution < 1.29 is 14.3 Å². The van der Waals surface area contributed by atoms with Crippen molar-refractivity contribution in [2.24, 2.45) is 0 Å². The van der Waals surface area contributed by atoms with Crippen molar-refractivity contribution in [2.75, 3.05) is 19.6 Å². The van der Waals surface area contributed by atoms with Gasteiger partial charge in [-0.3, -0.25) is 9.69 Å². The lowest BCUT2D eigenvalue weighted by Gasteiger charge is -2.44. The fourth-order valence-corrected chi connectivity index (χ4v) is 5.54. The summed E-state index contributed by atoms with van der Waals surface area (Å²) >= 11 is 0. The van der Waals surface area contributed by atoms with Gasteiger partial charge in [-0.2, -0.15) is 5.10 Å². The van der Waals surface area contributed by atoms with E-state index in [1.807, 2.05) is 48.2 Å². The highest BCUT2D eigenvalue weighted by Crippen LogP contribution is 2.23. The smallest absolute Gasteiger partial charge is 0.338 e. The number of hydrogen-bond donors (Lipinski definition) is 0. The Balaban J connectivity index is 1.16. The van der Waals surface area contributed by atoms with E-state index < -0.39 is 0 Å². The molecule has 2 aromatic carbocycles. The Labute approximate surface area is 211 Å². The Morgan fingerprint density at radius 1 is 1.03 bits per heavy atom. The van der Waals surface area contributed by atoms with Crippen LogP contribution in [0.5, 0.6) is 0 Å². The number of nitrogens with zero attached hydrogens (tertiary/aromatic N) is 5. The van der Waals surface area contributed by atoms with E-state index in [2.05, 4.69) is 34.9 Å². The minimum absolute atomic E-state index is 0.0702. The Morgan fingerprint density at radius 3 is 2.44 bits per heavy atom. The molecule has 2 aliphatic heterocycles. The molecule has 0 radical (unpaired) electrons. The number of aromatic nitrogens is 3. The topological polar surface area (TPSA) is 80.6 Å². The second kappa shape index (κ2) is 10.2. The molecule has 1 amide bonds. The molecule has 5 rings (SSSR count). The first-order valence-corrected chi connectivity index (χ1v) is 12.7. The number of fused-ring (bicyclic) bond motifs is 1. The van der Waals surface area contributed by atoms with Crippen LogP contribution in [0.15, 0.2) is 55.1 Å². The first-order chi connectivity index (χ1) is 17.4. The summed E-state index contributed by atoms with van der Waals surface area (Å²) in [6.07, 6.45) is 5.17. The molecule has 3 aromatic rings. The quantitative estimate of drug-likeness (QED) is 0.497. The highest BCUT2D eigenvalue weighted by atomic mass is 16.5. The maximum absolute atomic E-state index is 13.2. The first-order valence-electron chi connectivity index (χ1n) is 12.7. The van der Waals surface area contributed by atoms with E-state index >= 15 is 0 Å². The number of benzene rings is 2. The molecule has 1 unspecified atom stereocenters. The summed E-state index contributed by atoms with van der Waals surface area (Å²) in [5.41, 5.74) is 4.94. The van der Waals surface area contributed by atoms with E-state index in [1.54, 1.807) is 11.0 Å². The number of esters is 1. The van der Waals surface area contributed by atoms with Gasteiger partial charge in [-0.15, -0.1) is 0 Å². The molecular formula is C28H33N5O3. The van der Waals surface area contributed by atoms with Crippen LogP contribution in [0.4, 0.5) is 0 Å². The summed E-state index contributed by atoms with van der Waals surface area (Å²) in [5.74, 6) is -0.0521. The molecule has 0 N–H and O–H groups in total. The molecule has 0 aliphatic carbocycles. The minimum atomic E-state index is -0.218. The largest absolute Gasteiger partial charge is 0.459 e. The lowest BCUT2D eigenvalue weighted by Crippen LogP contribution is -2.59. The maximum Gasteiger partial charge on any atom is 0.338 e. The molecule has 188 valence electrons. The van der Waals surface area contributed by atoms with Crippen molar-refractivity contribution in [3.8, 4) is 5.69 Å². The lowest BCUT2D eigenvalue weighted by atomic mass is 9.95. The van der Waals surface area contributed by atoms with E-state index in [-0.39, 0.29) is 30.1 Å². The van der Waals surface area contributed by atoms with Crippen LogP contribution in [-0.2, 0) is 28.8 Å². The van der Waals surface area contributed by atoms with Gasteiger partial charge >= 0.3 is 5.97 Å². The normalized spacial score (nSPS) is 22.2. The average molecular weight is 488 g/mol. The Kier molecular flexibility index (Phi) is 6.87. The van der Waals surface area contributed by atoms with E-state index in [1.165, 1.54) is 11.9 Å². The number of carbonyl (C=O) groups excluding carboxylic acids is 2. The second-order valence-electron chi connectivity index (χ2n) is 10.1. The maximum atomic E-state index is 13.2. The second-order valence-corrected chi connectivity index (χ2v) is 10.1. The summed E-state index contributed by atoms with van der Waals surface area (Å²) in [4.78, 5) is 33.8. The molecule has 8 heteroatoms. The Hall–Kier alpha value is -3.52. The van der Waals surface area contributed by atoms with E-state index in [0.717, 1.165) is 49.3 Å². The lowest BCUT2D eigenvalue weighted by molar-refractivity contribution is -0.138.